The number of aromatic nitrogens is 2. The van der Waals surface area contributed by atoms with E-state index in [-0.39, 0.29) is 10.8 Å². The predicted molar refractivity (Wildman–Crippen MR) is 202 cm³/mol. The molecule has 2 heterocycles. The van der Waals surface area contributed by atoms with E-state index in [9.17, 15) is 0 Å². The van der Waals surface area contributed by atoms with Crippen LogP contribution in [0.1, 0.15) is 63.8 Å². The topological polar surface area (TPSA) is 7.76 Å². The number of nitrogens with zero attached hydrogens (tertiary/aromatic N) is 2. The first-order valence-electron chi connectivity index (χ1n) is 17.1. The molecule has 0 amide bonds. The third kappa shape index (κ3) is 5.81. The fraction of sp³-hybridized carbons (Fsp3) is 0.217. The van der Waals surface area contributed by atoms with E-state index in [0.717, 1.165) is 5.69 Å². The number of benzene rings is 5. The zero-order valence-corrected chi connectivity index (χ0v) is 29.6. The fourth-order valence-electron chi connectivity index (χ4n) is 6.84. The van der Waals surface area contributed by atoms with E-state index in [1.165, 1.54) is 71.7 Å². The Bertz CT molecular complexity index is 2320. The van der Waals surface area contributed by atoms with Crippen LogP contribution in [0.4, 0.5) is 0 Å². The van der Waals surface area contributed by atoms with Crippen molar-refractivity contribution in [3.63, 3.8) is 0 Å². The van der Waals surface area contributed by atoms with E-state index in [4.69, 9.17) is 0 Å². The van der Waals surface area contributed by atoms with Gasteiger partial charge in [0.15, 0.2) is 0 Å². The van der Waals surface area contributed by atoms with Gasteiger partial charge in [0.2, 0.25) is 12.4 Å². The maximum Gasteiger partial charge on any atom is 0.284 e. The molecule has 5 aromatic carbocycles. The maximum atomic E-state index is 2.40. The van der Waals surface area contributed by atoms with Gasteiger partial charge >= 0.3 is 0 Å². The first kappa shape index (κ1) is 31.5. The van der Waals surface area contributed by atoms with Gasteiger partial charge in [0.25, 0.3) is 11.4 Å². The second-order valence-corrected chi connectivity index (χ2v) is 15.4. The molecule has 0 saturated heterocycles. The lowest BCUT2D eigenvalue weighted by Crippen LogP contribution is -2.68. The molecule has 7 aromatic rings. The van der Waals surface area contributed by atoms with Crippen LogP contribution in [0.25, 0.3) is 55.2 Å². The highest BCUT2D eigenvalue weighted by Crippen LogP contribution is 2.34. The second-order valence-electron chi connectivity index (χ2n) is 15.4. The molecule has 0 fully saturated rings. The Balaban J connectivity index is 1.52. The van der Waals surface area contributed by atoms with Crippen LogP contribution in [-0.2, 0) is 10.8 Å². The quantitative estimate of drug-likeness (QED) is 0.136. The minimum absolute atomic E-state index is 0.0000810. The highest BCUT2D eigenvalue weighted by Gasteiger charge is 2.32. The Kier molecular flexibility index (Phi) is 7.79. The molecule has 0 bridgehead atoms. The second kappa shape index (κ2) is 11.9. The Morgan fingerprint density at radius 2 is 0.979 bits per heavy atom. The molecule has 0 aliphatic rings. The minimum Gasteiger partial charge on any atom is -0.0622 e. The summed E-state index contributed by atoms with van der Waals surface area (Å²) < 4.78 is 4.69. The molecule has 0 aliphatic heterocycles. The number of rotatable bonds is 4. The highest BCUT2D eigenvalue weighted by atomic mass is 15.4. The van der Waals surface area contributed by atoms with E-state index in [2.05, 4.69) is 198 Å². The van der Waals surface area contributed by atoms with Gasteiger partial charge in [-0.2, -0.15) is 0 Å². The molecule has 0 unspecified atom stereocenters. The van der Waals surface area contributed by atoms with E-state index in [1.807, 2.05) is 0 Å². The molecule has 48 heavy (non-hydrogen) atoms. The van der Waals surface area contributed by atoms with Crippen molar-refractivity contribution >= 4 is 21.5 Å². The van der Waals surface area contributed by atoms with Crippen LogP contribution in [0.15, 0.2) is 134 Å². The van der Waals surface area contributed by atoms with Crippen LogP contribution in [-0.4, -0.2) is 0 Å². The molecule has 0 aliphatic carbocycles. The fourth-order valence-corrected chi connectivity index (χ4v) is 6.84. The number of aryl methyl sites for hydroxylation is 2. The van der Waals surface area contributed by atoms with Crippen LogP contribution in [0.3, 0.4) is 0 Å². The summed E-state index contributed by atoms with van der Waals surface area (Å²) in [4.78, 5) is 0. The van der Waals surface area contributed by atoms with Gasteiger partial charge < -0.3 is 0 Å². The smallest absolute Gasteiger partial charge is 0.0622 e. The Morgan fingerprint density at radius 1 is 0.417 bits per heavy atom. The SMILES string of the molecule is Cc1ccc(-c2ccccc2)cc1-c1cc(C(C)(C)C)cc[n+]1-[n+]1ccc(C(C)(C)C)cc1-c1cc2ccc3ccccc3c2cc1C. The number of hydrogen-bond acceptors (Lipinski definition) is 0. The Morgan fingerprint density at radius 3 is 1.60 bits per heavy atom. The van der Waals surface area contributed by atoms with Crippen molar-refractivity contribution < 1.29 is 9.35 Å². The Labute approximate surface area is 286 Å². The lowest BCUT2D eigenvalue weighted by Gasteiger charge is -2.20. The minimum atomic E-state index is -0.00100. The van der Waals surface area contributed by atoms with Gasteiger partial charge in [-0.15, -0.1) is 0 Å². The van der Waals surface area contributed by atoms with Crippen LogP contribution >= 0.6 is 0 Å². The lowest BCUT2D eigenvalue weighted by atomic mass is 9.86. The average molecular weight is 627 g/mol. The van der Waals surface area contributed by atoms with E-state index >= 15 is 0 Å². The first-order chi connectivity index (χ1) is 22.9. The molecule has 0 N–H and O–H groups in total. The summed E-state index contributed by atoms with van der Waals surface area (Å²) in [5, 5.41) is 5.11. The van der Waals surface area contributed by atoms with Crippen LogP contribution < -0.4 is 9.35 Å². The molecule has 0 saturated carbocycles. The summed E-state index contributed by atoms with van der Waals surface area (Å²) in [6, 6.07) is 44.9. The van der Waals surface area contributed by atoms with Crippen LogP contribution in [0, 0.1) is 13.8 Å². The number of hydrogen-bond donors (Lipinski definition) is 0. The molecule has 0 radical (unpaired) electrons. The van der Waals surface area contributed by atoms with Crippen molar-refractivity contribution in [3.05, 3.63) is 156 Å². The van der Waals surface area contributed by atoms with Crippen molar-refractivity contribution in [2.24, 2.45) is 0 Å². The van der Waals surface area contributed by atoms with E-state index in [0.29, 0.717) is 0 Å². The monoisotopic (exact) mass is 626 g/mol. The van der Waals surface area contributed by atoms with Crippen molar-refractivity contribution in [2.75, 3.05) is 0 Å². The summed E-state index contributed by atoms with van der Waals surface area (Å²) in [5.41, 5.74) is 12.3. The van der Waals surface area contributed by atoms with Crippen LogP contribution in [0.2, 0.25) is 0 Å². The summed E-state index contributed by atoms with van der Waals surface area (Å²) >= 11 is 0. The van der Waals surface area contributed by atoms with Gasteiger partial charge in [-0.05, 0) is 97.8 Å². The molecular formula is C46H46N2+2. The van der Waals surface area contributed by atoms with Crippen molar-refractivity contribution in [3.8, 4) is 33.6 Å². The Hall–Kier alpha value is -5.08. The zero-order valence-electron chi connectivity index (χ0n) is 29.6. The van der Waals surface area contributed by atoms with Crippen molar-refractivity contribution in [1.29, 1.82) is 0 Å². The molecule has 2 aromatic heterocycles. The van der Waals surface area contributed by atoms with Gasteiger partial charge in [-0.1, -0.05) is 120 Å². The largest absolute Gasteiger partial charge is 0.284 e. The average Bonchev–Trinajstić information content (AvgIpc) is 3.07. The van der Waals surface area contributed by atoms with Gasteiger partial charge in [-0.25, -0.2) is 0 Å². The van der Waals surface area contributed by atoms with Crippen molar-refractivity contribution in [2.45, 2.75) is 66.2 Å². The van der Waals surface area contributed by atoms with Gasteiger partial charge in [-0.3, -0.25) is 0 Å². The zero-order chi connectivity index (χ0) is 33.8. The molecular weight excluding hydrogens is 581 g/mol. The first-order valence-corrected chi connectivity index (χ1v) is 17.1. The molecule has 0 atom stereocenters. The molecule has 2 heteroatoms. The van der Waals surface area contributed by atoms with Crippen molar-refractivity contribution in [1.82, 2.24) is 0 Å². The third-order valence-corrected chi connectivity index (χ3v) is 9.82. The normalized spacial score (nSPS) is 12.2. The third-order valence-electron chi connectivity index (χ3n) is 9.82. The predicted octanol–water partition coefficient (Wildman–Crippen LogP) is 11.1. The van der Waals surface area contributed by atoms with Crippen LogP contribution in [0.5, 0.6) is 0 Å². The highest BCUT2D eigenvalue weighted by molar-refractivity contribution is 6.08. The van der Waals surface area contributed by atoms with Gasteiger partial charge in [0, 0.05) is 24.3 Å². The van der Waals surface area contributed by atoms with E-state index < -0.39 is 0 Å². The standard InChI is InChI=1S/C46H46N2/c1-31-18-19-35(33-14-10-9-11-15-33)27-40(31)43-29-37(45(3,4)5)22-24-47(43)48-25-23-38(46(6,7)8)30-44(48)41-28-36-21-20-34-16-12-13-17-39(34)42(36)26-32(41)2/h9-30H,1-8H3/q+2. The summed E-state index contributed by atoms with van der Waals surface area (Å²) in [6.07, 6.45) is 4.52. The maximum absolute atomic E-state index is 2.40. The number of pyridine rings is 2. The molecule has 2 nitrogen and oxygen atoms in total. The van der Waals surface area contributed by atoms with Gasteiger partial charge in [0.05, 0.1) is 20.5 Å². The molecule has 0 spiro atoms. The molecule has 238 valence electrons. The van der Waals surface area contributed by atoms with Gasteiger partial charge in [0.1, 0.15) is 0 Å². The summed E-state index contributed by atoms with van der Waals surface area (Å²) in [6.45, 7) is 18.3. The van der Waals surface area contributed by atoms with E-state index in [1.54, 1.807) is 0 Å². The summed E-state index contributed by atoms with van der Waals surface area (Å²) in [7, 11) is 0. The summed E-state index contributed by atoms with van der Waals surface area (Å²) in [5.74, 6) is 0. The number of fused-ring (bicyclic) bond motifs is 3. The molecule has 7 rings (SSSR count). The lowest BCUT2D eigenvalue weighted by molar-refractivity contribution is -1.29.